The summed E-state index contributed by atoms with van der Waals surface area (Å²) in [6, 6.07) is 16.3. The molecule has 4 heteroatoms. The Kier molecular flexibility index (Phi) is 5.82. The van der Waals surface area contributed by atoms with E-state index in [9.17, 15) is 0 Å². The first-order valence-electron chi connectivity index (χ1n) is 8.79. The lowest BCUT2D eigenvalue weighted by atomic mass is 9.81. The van der Waals surface area contributed by atoms with Gasteiger partial charge in [0.15, 0.2) is 0 Å². The predicted molar refractivity (Wildman–Crippen MR) is 99.8 cm³/mol. The van der Waals surface area contributed by atoms with E-state index in [0.29, 0.717) is 18.4 Å². The number of hydrogen-bond donors (Lipinski definition) is 0. The van der Waals surface area contributed by atoms with Crippen molar-refractivity contribution in [3.05, 3.63) is 54.1 Å². The van der Waals surface area contributed by atoms with Gasteiger partial charge >= 0.3 is 0 Å². The first kappa shape index (κ1) is 17.6. The molecule has 0 saturated carbocycles. The summed E-state index contributed by atoms with van der Waals surface area (Å²) >= 11 is 0. The molecule has 2 aromatic rings. The molecule has 0 unspecified atom stereocenters. The third-order valence-electron chi connectivity index (χ3n) is 5.00. The summed E-state index contributed by atoms with van der Waals surface area (Å²) in [5.41, 5.74) is 1.37. The van der Waals surface area contributed by atoms with Crippen molar-refractivity contribution in [2.24, 2.45) is 5.92 Å². The largest absolute Gasteiger partial charge is 0.497 e. The monoisotopic (exact) mass is 341 g/mol. The Morgan fingerprint density at radius 2 is 1.44 bits per heavy atom. The predicted octanol–water partition coefficient (Wildman–Crippen LogP) is 3.82. The number of rotatable bonds is 6. The Labute approximate surface area is 150 Å². The number of piperidine rings is 1. The standard InChI is InChI=1S/C21H27NO3/c1-22-13-12-21(16-4-6-18(23-2)7-5-16)17(14-22)15-25-20-10-8-19(24-3)9-11-20/h4-11,17,21H,12-15H2,1-3H3/t17-,21+/m1/s1. The van der Waals surface area contributed by atoms with Gasteiger partial charge in [0.2, 0.25) is 0 Å². The van der Waals surface area contributed by atoms with E-state index in [1.165, 1.54) is 5.56 Å². The van der Waals surface area contributed by atoms with Gasteiger partial charge < -0.3 is 19.1 Å². The maximum Gasteiger partial charge on any atom is 0.119 e. The van der Waals surface area contributed by atoms with E-state index in [0.717, 1.165) is 36.8 Å². The van der Waals surface area contributed by atoms with Crippen LogP contribution in [0.25, 0.3) is 0 Å². The van der Waals surface area contributed by atoms with Crippen molar-refractivity contribution in [2.45, 2.75) is 12.3 Å². The zero-order valence-corrected chi connectivity index (χ0v) is 15.3. The van der Waals surface area contributed by atoms with E-state index in [1.807, 2.05) is 24.3 Å². The Balaban J connectivity index is 1.68. The van der Waals surface area contributed by atoms with E-state index in [4.69, 9.17) is 14.2 Å². The van der Waals surface area contributed by atoms with Gasteiger partial charge in [0.05, 0.1) is 20.8 Å². The lowest BCUT2D eigenvalue weighted by Crippen LogP contribution is -2.39. The van der Waals surface area contributed by atoms with Gasteiger partial charge in [-0.15, -0.1) is 0 Å². The van der Waals surface area contributed by atoms with Gasteiger partial charge in [-0.2, -0.15) is 0 Å². The summed E-state index contributed by atoms with van der Waals surface area (Å²) in [5.74, 6) is 3.63. The minimum atomic E-state index is 0.467. The number of hydrogen-bond acceptors (Lipinski definition) is 4. The quantitative estimate of drug-likeness (QED) is 0.799. The van der Waals surface area contributed by atoms with Crippen LogP contribution in [0.15, 0.2) is 48.5 Å². The van der Waals surface area contributed by atoms with Crippen molar-refractivity contribution >= 4 is 0 Å². The Hall–Kier alpha value is -2.20. The molecule has 0 N–H and O–H groups in total. The van der Waals surface area contributed by atoms with Crippen LogP contribution in [-0.2, 0) is 0 Å². The van der Waals surface area contributed by atoms with Gasteiger partial charge in [0.1, 0.15) is 17.2 Å². The molecule has 1 aliphatic heterocycles. The zero-order valence-electron chi connectivity index (χ0n) is 15.3. The Morgan fingerprint density at radius 1 is 0.880 bits per heavy atom. The SMILES string of the molecule is COc1ccc(OC[C@H]2CN(C)CC[C@H]2c2ccc(OC)cc2)cc1. The number of likely N-dealkylation sites (tertiary alicyclic amines) is 1. The van der Waals surface area contributed by atoms with Crippen LogP contribution < -0.4 is 14.2 Å². The summed E-state index contributed by atoms with van der Waals surface area (Å²) in [7, 11) is 5.56. The summed E-state index contributed by atoms with van der Waals surface area (Å²) < 4.78 is 16.6. The second-order valence-electron chi connectivity index (χ2n) is 6.68. The van der Waals surface area contributed by atoms with Crippen molar-refractivity contribution in [2.75, 3.05) is 41.0 Å². The molecule has 1 heterocycles. The number of methoxy groups -OCH3 is 2. The van der Waals surface area contributed by atoms with Crippen molar-refractivity contribution in [1.82, 2.24) is 4.90 Å². The highest BCUT2D eigenvalue weighted by Gasteiger charge is 2.29. The van der Waals surface area contributed by atoms with E-state index in [-0.39, 0.29) is 0 Å². The Morgan fingerprint density at radius 3 is 2.04 bits per heavy atom. The van der Waals surface area contributed by atoms with Crippen LogP contribution in [-0.4, -0.2) is 45.9 Å². The number of ether oxygens (including phenoxy) is 3. The van der Waals surface area contributed by atoms with E-state index in [2.05, 4.69) is 36.2 Å². The summed E-state index contributed by atoms with van der Waals surface area (Å²) in [6.07, 6.45) is 1.15. The average Bonchev–Trinajstić information content (AvgIpc) is 2.67. The minimum absolute atomic E-state index is 0.467. The van der Waals surface area contributed by atoms with Crippen molar-refractivity contribution < 1.29 is 14.2 Å². The molecule has 2 atom stereocenters. The van der Waals surface area contributed by atoms with Gasteiger partial charge in [-0.1, -0.05) is 12.1 Å². The molecule has 1 aliphatic rings. The smallest absolute Gasteiger partial charge is 0.119 e. The fourth-order valence-electron chi connectivity index (χ4n) is 3.55. The first-order valence-corrected chi connectivity index (χ1v) is 8.79. The minimum Gasteiger partial charge on any atom is -0.497 e. The van der Waals surface area contributed by atoms with E-state index in [1.54, 1.807) is 14.2 Å². The van der Waals surface area contributed by atoms with E-state index < -0.39 is 0 Å². The van der Waals surface area contributed by atoms with Crippen LogP contribution >= 0.6 is 0 Å². The zero-order chi connectivity index (χ0) is 17.6. The lowest BCUT2D eigenvalue weighted by molar-refractivity contribution is 0.129. The molecule has 4 nitrogen and oxygen atoms in total. The van der Waals surface area contributed by atoms with Gasteiger partial charge in [0, 0.05) is 12.5 Å². The second-order valence-corrected chi connectivity index (χ2v) is 6.68. The second kappa shape index (κ2) is 8.26. The van der Waals surface area contributed by atoms with Gasteiger partial charge in [0.25, 0.3) is 0 Å². The maximum atomic E-state index is 6.08. The average molecular weight is 341 g/mol. The molecule has 3 rings (SSSR count). The van der Waals surface area contributed by atoms with Gasteiger partial charge in [-0.25, -0.2) is 0 Å². The molecule has 0 aliphatic carbocycles. The van der Waals surface area contributed by atoms with Crippen LogP contribution in [0, 0.1) is 5.92 Å². The summed E-state index contributed by atoms with van der Waals surface area (Å²) in [6.45, 7) is 2.88. The van der Waals surface area contributed by atoms with E-state index >= 15 is 0 Å². The fraction of sp³-hybridized carbons (Fsp3) is 0.429. The highest BCUT2D eigenvalue weighted by Crippen LogP contribution is 2.34. The highest BCUT2D eigenvalue weighted by atomic mass is 16.5. The number of nitrogens with zero attached hydrogens (tertiary/aromatic N) is 1. The van der Waals surface area contributed by atoms with Crippen LogP contribution in [0.3, 0.4) is 0 Å². The Bertz CT molecular complexity index is 654. The van der Waals surface area contributed by atoms with Crippen molar-refractivity contribution in [3.63, 3.8) is 0 Å². The highest BCUT2D eigenvalue weighted by molar-refractivity contribution is 5.32. The molecule has 0 aromatic heterocycles. The van der Waals surface area contributed by atoms with Gasteiger partial charge in [-0.3, -0.25) is 0 Å². The van der Waals surface area contributed by atoms with Crippen LogP contribution in [0.2, 0.25) is 0 Å². The molecule has 25 heavy (non-hydrogen) atoms. The van der Waals surface area contributed by atoms with Crippen molar-refractivity contribution in [3.8, 4) is 17.2 Å². The normalized spacial score (nSPS) is 20.9. The van der Waals surface area contributed by atoms with Crippen molar-refractivity contribution in [1.29, 1.82) is 0 Å². The molecule has 134 valence electrons. The number of benzene rings is 2. The fourth-order valence-corrected chi connectivity index (χ4v) is 3.55. The molecular weight excluding hydrogens is 314 g/mol. The molecule has 1 saturated heterocycles. The first-order chi connectivity index (χ1) is 12.2. The molecule has 2 aromatic carbocycles. The van der Waals surface area contributed by atoms with Crippen LogP contribution in [0.4, 0.5) is 0 Å². The summed E-state index contributed by atoms with van der Waals surface area (Å²) in [5, 5.41) is 0. The molecular formula is C21H27NO3. The molecule has 1 fully saturated rings. The maximum absolute atomic E-state index is 6.08. The molecule has 0 amide bonds. The van der Waals surface area contributed by atoms with Crippen LogP contribution in [0.5, 0.6) is 17.2 Å². The van der Waals surface area contributed by atoms with Gasteiger partial charge in [-0.05, 0) is 67.9 Å². The van der Waals surface area contributed by atoms with Crippen LogP contribution in [0.1, 0.15) is 17.9 Å². The third-order valence-corrected chi connectivity index (χ3v) is 5.00. The molecule has 0 bridgehead atoms. The lowest BCUT2D eigenvalue weighted by Gasteiger charge is -2.37. The topological polar surface area (TPSA) is 30.9 Å². The summed E-state index contributed by atoms with van der Waals surface area (Å²) in [4.78, 5) is 2.39. The molecule has 0 spiro atoms. The third kappa shape index (κ3) is 4.45. The molecule has 0 radical (unpaired) electrons.